The van der Waals surface area contributed by atoms with E-state index < -0.39 is 0 Å². The molecule has 2 aliphatic carbocycles. The van der Waals surface area contributed by atoms with E-state index in [0.29, 0.717) is 18.4 Å². The van der Waals surface area contributed by atoms with Crippen molar-refractivity contribution in [1.29, 1.82) is 21.0 Å². The third-order valence-corrected chi connectivity index (χ3v) is 3.37. The summed E-state index contributed by atoms with van der Waals surface area (Å²) in [6.07, 6.45) is 6.73. The van der Waals surface area contributed by atoms with Crippen molar-refractivity contribution < 1.29 is 0 Å². The van der Waals surface area contributed by atoms with Crippen LogP contribution in [0.2, 0.25) is 0 Å². The van der Waals surface area contributed by atoms with E-state index in [-0.39, 0.29) is 17.1 Å². The first-order valence-corrected chi connectivity index (χ1v) is 5.70. The van der Waals surface area contributed by atoms with Crippen LogP contribution in [-0.4, -0.2) is 0 Å². The minimum atomic E-state index is -0.0500. The fraction of sp³-hybridized carbons (Fsp3) is 0.200. The topological polar surface area (TPSA) is 95.2 Å². The number of hydrogen-bond donors (Lipinski definition) is 0. The van der Waals surface area contributed by atoms with Crippen molar-refractivity contribution >= 4 is 0 Å². The first-order chi connectivity index (χ1) is 9.26. The summed E-state index contributed by atoms with van der Waals surface area (Å²) in [4.78, 5) is 0. The van der Waals surface area contributed by atoms with Gasteiger partial charge in [0.05, 0.1) is 0 Å². The quantitative estimate of drug-likeness (QED) is 0.612. The average Bonchev–Trinajstić information content (AvgIpc) is 2.82. The van der Waals surface area contributed by atoms with Crippen LogP contribution < -0.4 is 0 Å². The van der Waals surface area contributed by atoms with E-state index >= 15 is 0 Å². The molecule has 0 aromatic heterocycles. The van der Waals surface area contributed by atoms with E-state index in [9.17, 15) is 0 Å². The number of nitrogens with zero attached hydrogens (tertiary/aromatic N) is 4. The van der Waals surface area contributed by atoms with Gasteiger partial charge < -0.3 is 0 Å². The van der Waals surface area contributed by atoms with Gasteiger partial charge in [-0.25, -0.2) is 0 Å². The molecule has 0 spiro atoms. The summed E-state index contributed by atoms with van der Waals surface area (Å²) in [5.41, 5.74) is 2.42. The Balaban J connectivity index is 2.68. The second-order valence-corrected chi connectivity index (χ2v) is 4.22. The lowest BCUT2D eigenvalue weighted by atomic mass is 9.88. The van der Waals surface area contributed by atoms with Crippen LogP contribution in [0.5, 0.6) is 0 Å². The van der Waals surface area contributed by atoms with Gasteiger partial charge in [0, 0.05) is 5.92 Å². The third kappa shape index (κ3) is 1.93. The number of hydrogen-bond acceptors (Lipinski definition) is 4. The number of nitriles is 4. The van der Waals surface area contributed by atoms with E-state index in [0.717, 1.165) is 11.1 Å². The van der Waals surface area contributed by atoms with Gasteiger partial charge >= 0.3 is 0 Å². The predicted molar refractivity (Wildman–Crippen MR) is 66.5 cm³/mol. The lowest BCUT2D eigenvalue weighted by Crippen LogP contribution is -2.03. The highest BCUT2D eigenvalue weighted by Crippen LogP contribution is 2.46. The highest BCUT2D eigenvalue weighted by Gasteiger charge is 2.34. The Bertz CT molecular complexity index is 686. The molecule has 1 fully saturated rings. The molecule has 2 rings (SSSR count). The number of allylic oxidation sites excluding steroid dienone is 8. The van der Waals surface area contributed by atoms with Gasteiger partial charge in [0.2, 0.25) is 0 Å². The van der Waals surface area contributed by atoms with Gasteiger partial charge in [-0.1, -0.05) is 18.2 Å². The van der Waals surface area contributed by atoms with E-state index in [1.54, 1.807) is 0 Å². The molecule has 0 aromatic rings. The van der Waals surface area contributed by atoms with Gasteiger partial charge in [0.25, 0.3) is 0 Å². The Hall–Kier alpha value is -3.08. The third-order valence-electron chi connectivity index (χ3n) is 3.37. The smallest absolute Gasteiger partial charge is 0.133 e. The maximum Gasteiger partial charge on any atom is 0.133 e. The Kier molecular flexibility index (Phi) is 3.29. The molecule has 0 aliphatic heterocycles. The molecule has 0 heterocycles. The van der Waals surface area contributed by atoms with Crippen LogP contribution in [0.25, 0.3) is 0 Å². The molecule has 1 atom stereocenters. The summed E-state index contributed by atoms with van der Waals surface area (Å²) in [6.45, 7) is 0. The molecule has 1 unspecified atom stereocenters. The fourth-order valence-electron chi connectivity index (χ4n) is 2.51. The SMILES string of the molecule is N#CC(C#N)=C1CC(=C(C#N)C#N)C2CC=CC=C12. The van der Waals surface area contributed by atoms with E-state index in [2.05, 4.69) is 0 Å². The molecule has 4 heteroatoms. The summed E-state index contributed by atoms with van der Waals surface area (Å²) in [5, 5.41) is 36.0. The summed E-state index contributed by atoms with van der Waals surface area (Å²) in [5.74, 6) is -0.0500. The molecule has 1 saturated carbocycles. The standard InChI is InChI=1S/C15H8N4/c16-6-10(7-17)14-5-15(11(8-18)9-19)13-4-2-1-3-12(13)14/h1-3,13H,4-5H2. The molecular formula is C15H8N4. The molecule has 0 aromatic carbocycles. The van der Waals surface area contributed by atoms with Crippen molar-refractivity contribution in [2.45, 2.75) is 12.8 Å². The largest absolute Gasteiger partial charge is 0.192 e. The van der Waals surface area contributed by atoms with Gasteiger partial charge in [0.15, 0.2) is 0 Å². The molecule has 2 aliphatic rings. The van der Waals surface area contributed by atoms with Crippen LogP contribution in [0.4, 0.5) is 0 Å². The van der Waals surface area contributed by atoms with Crippen LogP contribution in [0.1, 0.15) is 12.8 Å². The monoisotopic (exact) mass is 244 g/mol. The van der Waals surface area contributed by atoms with Crippen molar-refractivity contribution in [3.05, 3.63) is 46.1 Å². The molecule has 0 N–H and O–H groups in total. The second kappa shape index (κ2) is 5.05. The minimum absolute atomic E-state index is 0.0500. The van der Waals surface area contributed by atoms with E-state index in [4.69, 9.17) is 21.0 Å². The van der Waals surface area contributed by atoms with E-state index in [1.165, 1.54) is 0 Å². The highest BCUT2D eigenvalue weighted by atomic mass is 14.4. The number of fused-ring (bicyclic) bond motifs is 1. The molecule has 0 bridgehead atoms. The van der Waals surface area contributed by atoms with Gasteiger partial charge in [-0.2, -0.15) is 21.0 Å². The lowest BCUT2D eigenvalue weighted by Gasteiger charge is -2.14. The van der Waals surface area contributed by atoms with Gasteiger partial charge in [0.1, 0.15) is 35.4 Å². The Labute approximate surface area is 111 Å². The zero-order valence-electron chi connectivity index (χ0n) is 10.0. The van der Waals surface area contributed by atoms with E-state index in [1.807, 2.05) is 42.5 Å². The zero-order valence-corrected chi connectivity index (χ0v) is 10.0. The second-order valence-electron chi connectivity index (χ2n) is 4.22. The van der Waals surface area contributed by atoms with Crippen LogP contribution in [0.3, 0.4) is 0 Å². The first-order valence-electron chi connectivity index (χ1n) is 5.70. The van der Waals surface area contributed by atoms with Gasteiger partial charge in [-0.05, 0) is 29.6 Å². The van der Waals surface area contributed by atoms with Crippen molar-refractivity contribution in [3.63, 3.8) is 0 Å². The van der Waals surface area contributed by atoms with Crippen LogP contribution >= 0.6 is 0 Å². The molecule has 0 amide bonds. The molecule has 0 saturated heterocycles. The fourth-order valence-corrected chi connectivity index (χ4v) is 2.51. The summed E-state index contributed by atoms with van der Waals surface area (Å²) in [6, 6.07) is 7.58. The van der Waals surface area contributed by atoms with Crippen molar-refractivity contribution in [1.82, 2.24) is 0 Å². The van der Waals surface area contributed by atoms with Crippen LogP contribution in [0, 0.1) is 51.2 Å². The van der Waals surface area contributed by atoms with Crippen LogP contribution in [-0.2, 0) is 0 Å². The van der Waals surface area contributed by atoms with Crippen molar-refractivity contribution in [2.75, 3.05) is 0 Å². The maximum absolute atomic E-state index is 9.00. The zero-order chi connectivity index (χ0) is 13.8. The molecule has 19 heavy (non-hydrogen) atoms. The normalized spacial score (nSPS) is 19.4. The Morgan fingerprint density at radius 1 is 1.00 bits per heavy atom. The molecule has 0 radical (unpaired) electrons. The summed E-state index contributed by atoms with van der Waals surface area (Å²) in [7, 11) is 0. The van der Waals surface area contributed by atoms with Crippen molar-refractivity contribution in [3.8, 4) is 24.3 Å². The molecule has 4 nitrogen and oxygen atoms in total. The van der Waals surface area contributed by atoms with Gasteiger partial charge in [-0.3, -0.25) is 0 Å². The Morgan fingerprint density at radius 2 is 1.63 bits per heavy atom. The molecular weight excluding hydrogens is 236 g/mol. The summed E-state index contributed by atoms with van der Waals surface area (Å²) < 4.78 is 0. The lowest BCUT2D eigenvalue weighted by molar-refractivity contribution is 0.759. The van der Waals surface area contributed by atoms with Crippen LogP contribution in [0.15, 0.2) is 46.1 Å². The maximum atomic E-state index is 9.00. The highest BCUT2D eigenvalue weighted by molar-refractivity contribution is 5.62. The van der Waals surface area contributed by atoms with Gasteiger partial charge in [-0.15, -0.1) is 0 Å². The average molecular weight is 244 g/mol. The predicted octanol–water partition coefficient (Wildman–Crippen LogP) is 2.58. The minimum Gasteiger partial charge on any atom is -0.192 e. The number of rotatable bonds is 0. The van der Waals surface area contributed by atoms with Crippen molar-refractivity contribution in [2.24, 2.45) is 5.92 Å². The first kappa shape index (κ1) is 12.4. The Morgan fingerprint density at radius 3 is 2.21 bits per heavy atom. The molecule has 88 valence electrons. The summed E-state index contributed by atoms with van der Waals surface area (Å²) >= 11 is 0.